The van der Waals surface area contributed by atoms with Gasteiger partial charge in [-0.05, 0) is 72.8 Å². The molecule has 0 amide bonds. The summed E-state index contributed by atoms with van der Waals surface area (Å²) in [4.78, 5) is 12.0. The minimum absolute atomic E-state index is 0.131. The maximum absolute atomic E-state index is 12.0. The summed E-state index contributed by atoms with van der Waals surface area (Å²) in [5.74, 6) is 2.19. The molecule has 0 spiro atoms. The van der Waals surface area contributed by atoms with Crippen LogP contribution in [0.4, 0.5) is 0 Å². The molecule has 2 aromatic carbocycles. The predicted molar refractivity (Wildman–Crippen MR) is 158 cm³/mol. The van der Waals surface area contributed by atoms with Crippen LogP contribution in [0.3, 0.4) is 0 Å². The Hall–Kier alpha value is -2.09. The van der Waals surface area contributed by atoms with Crippen molar-refractivity contribution in [3.63, 3.8) is 0 Å². The third-order valence-corrected chi connectivity index (χ3v) is 8.35. The molecule has 0 radical (unpaired) electrons. The van der Waals surface area contributed by atoms with E-state index >= 15 is 0 Å². The van der Waals surface area contributed by atoms with Crippen molar-refractivity contribution < 1.29 is 9.53 Å². The standard InChI is InChI=1S/C35H52O2/c1-3-5-7-8-9-10-11-12-14-15-29-17-19-30(20-18-29)31-21-23-32(24-22-31)33-25-27-34(28-26-33)37-35(36)16-13-6-4-2/h21-30H,3-20H2,1-2H3. The second kappa shape index (κ2) is 17.4. The van der Waals surface area contributed by atoms with Crippen LogP contribution in [0.25, 0.3) is 11.1 Å². The first kappa shape index (κ1) is 29.5. The fourth-order valence-electron chi connectivity index (χ4n) is 5.89. The van der Waals surface area contributed by atoms with E-state index in [2.05, 4.69) is 50.2 Å². The summed E-state index contributed by atoms with van der Waals surface area (Å²) < 4.78 is 5.48. The lowest BCUT2D eigenvalue weighted by Crippen LogP contribution is -2.13. The molecule has 0 aromatic heterocycles. The van der Waals surface area contributed by atoms with Crippen LogP contribution in [0.2, 0.25) is 0 Å². The zero-order valence-electron chi connectivity index (χ0n) is 23.8. The lowest BCUT2D eigenvalue weighted by atomic mass is 9.77. The summed E-state index contributed by atoms with van der Waals surface area (Å²) in [6.07, 6.45) is 23.4. The third-order valence-electron chi connectivity index (χ3n) is 8.35. The molecule has 0 bridgehead atoms. The molecule has 1 aliphatic rings. The number of unbranched alkanes of at least 4 members (excludes halogenated alkanes) is 10. The van der Waals surface area contributed by atoms with Gasteiger partial charge in [-0.15, -0.1) is 0 Å². The Morgan fingerprint density at radius 1 is 0.649 bits per heavy atom. The molecule has 0 heterocycles. The van der Waals surface area contributed by atoms with Crippen LogP contribution < -0.4 is 4.74 Å². The van der Waals surface area contributed by atoms with Crippen LogP contribution in [-0.4, -0.2) is 5.97 Å². The van der Waals surface area contributed by atoms with Crippen LogP contribution in [0.5, 0.6) is 5.75 Å². The monoisotopic (exact) mass is 504 g/mol. The predicted octanol–water partition coefficient (Wildman–Crippen LogP) is 11.0. The van der Waals surface area contributed by atoms with E-state index in [1.54, 1.807) is 0 Å². The van der Waals surface area contributed by atoms with Gasteiger partial charge in [0, 0.05) is 6.42 Å². The number of rotatable bonds is 17. The van der Waals surface area contributed by atoms with E-state index in [1.165, 1.54) is 107 Å². The normalized spacial score (nSPS) is 17.6. The first-order valence-electron chi connectivity index (χ1n) is 15.6. The summed E-state index contributed by atoms with van der Waals surface area (Å²) in [6, 6.07) is 17.1. The molecule has 2 heteroatoms. The van der Waals surface area contributed by atoms with Gasteiger partial charge in [-0.25, -0.2) is 0 Å². The molecule has 0 N–H and O–H groups in total. The van der Waals surface area contributed by atoms with E-state index in [0.29, 0.717) is 12.2 Å². The van der Waals surface area contributed by atoms with Gasteiger partial charge in [-0.1, -0.05) is 127 Å². The summed E-state index contributed by atoms with van der Waals surface area (Å²) in [7, 11) is 0. The zero-order valence-corrected chi connectivity index (χ0v) is 23.8. The molecule has 0 unspecified atom stereocenters. The highest BCUT2D eigenvalue weighted by Crippen LogP contribution is 2.38. The van der Waals surface area contributed by atoms with Crippen molar-refractivity contribution in [2.24, 2.45) is 5.92 Å². The summed E-state index contributed by atoms with van der Waals surface area (Å²) in [6.45, 7) is 4.43. The number of benzene rings is 2. The lowest BCUT2D eigenvalue weighted by molar-refractivity contribution is -0.134. The Kier molecular flexibility index (Phi) is 13.9. The first-order chi connectivity index (χ1) is 18.2. The molecular formula is C35H52O2. The van der Waals surface area contributed by atoms with Crippen molar-refractivity contribution in [3.05, 3.63) is 54.1 Å². The van der Waals surface area contributed by atoms with E-state index in [-0.39, 0.29) is 5.97 Å². The number of hydrogen-bond acceptors (Lipinski definition) is 2. The third kappa shape index (κ3) is 11.0. The number of esters is 1. The molecule has 1 saturated carbocycles. The average Bonchev–Trinajstić information content (AvgIpc) is 2.93. The maximum Gasteiger partial charge on any atom is 0.311 e. The molecule has 3 rings (SSSR count). The summed E-state index contributed by atoms with van der Waals surface area (Å²) in [5.41, 5.74) is 3.90. The average molecular weight is 505 g/mol. The van der Waals surface area contributed by atoms with Crippen molar-refractivity contribution >= 4 is 5.97 Å². The van der Waals surface area contributed by atoms with Gasteiger partial charge in [0.05, 0.1) is 0 Å². The zero-order chi connectivity index (χ0) is 26.1. The van der Waals surface area contributed by atoms with Crippen LogP contribution in [0.1, 0.15) is 141 Å². The molecular weight excluding hydrogens is 452 g/mol. The van der Waals surface area contributed by atoms with E-state index in [9.17, 15) is 4.79 Å². The smallest absolute Gasteiger partial charge is 0.311 e. The largest absolute Gasteiger partial charge is 0.427 e. The Bertz CT molecular complexity index is 859. The molecule has 0 saturated heterocycles. The Labute approximate surface area is 227 Å². The van der Waals surface area contributed by atoms with Gasteiger partial charge in [-0.3, -0.25) is 4.79 Å². The highest BCUT2D eigenvalue weighted by atomic mass is 16.5. The second-order valence-electron chi connectivity index (χ2n) is 11.4. The van der Waals surface area contributed by atoms with E-state index in [1.807, 2.05) is 12.1 Å². The molecule has 1 aliphatic carbocycles. The lowest BCUT2D eigenvalue weighted by Gasteiger charge is -2.29. The van der Waals surface area contributed by atoms with Gasteiger partial charge >= 0.3 is 5.97 Å². The molecule has 0 aliphatic heterocycles. The number of hydrogen-bond donors (Lipinski definition) is 0. The minimum atomic E-state index is -0.131. The highest BCUT2D eigenvalue weighted by Gasteiger charge is 2.22. The number of ether oxygens (including phenoxy) is 1. The number of carbonyl (C=O) groups excluding carboxylic acids is 1. The van der Waals surface area contributed by atoms with Gasteiger partial charge in [0.25, 0.3) is 0 Å². The van der Waals surface area contributed by atoms with Crippen LogP contribution >= 0.6 is 0 Å². The van der Waals surface area contributed by atoms with Crippen LogP contribution in [-0.2, 0) is 4.79 Å². The van der Waals surface area contributed by atoms with Crippen molar-refractivity contribution in [3.8, 4) is 16.9 Å². The topological polar surface area (TPSA) is 26.3 Å². The highest BCUT2D eigenvalue weighted by molar-refractivity contribution is 5.73. The summed E-state index contributed by atoms with van der Waals surface area (Å²) >= 11 is 0. The van der Waals surface area contributed by atoms with E-state index in [4.69, 9.17) is 4.74 Å². The molecule has 2 nitrogen and oxygen atoms in total. The van der Waals surface area contributed by atoms with Crippen molar-refractivity contribution in [1.29, 1.82) is 0 Å². The fourth-order valence-corrected chi connectivity index (χ4v) is 5.89. The molecule has 0 atom stereocenters. The summed E-state index contributed by atoms with van der Waals surface area (Å²) in [5, 5.41) is 0. The maximum atomic E-state index is 12.0. The quantitative estimate of drug-likeness (QED) is 0.122. The van der Waals surface area contributed by atoms with Crippen molar-refractivity contribution in [1.82, 2.24) is 0 Å². The van der Waals surface area contributed by atoms with Crippen molar-refractivity contribution in [2.75, 3.05) is 0 Å². The van der Waals surface area contributed by atoms with Gasteiger partial charge in [0.15, 0.2) is 0 Å². The molecule has 37 heavy (non-hydrogen) atoms. The fraction of sp³-hybridized carbons (Fsp3) is 0.629. The van der Waals surface area contributed by atoms with E-state index in [0.717, 1.165) is 31.1 Å². The second-order valence-corrected chi connectivity index (χ2v) is 11.4. The van der Waals surface area contributed by atoms with Crippen LogP contribution in [0.15, 0.2) is 48.5 Å². The SMILES string of the molecule is CCCCCCCCCCCC1CCC(c2ccc(-c3ccc(OC(=O)CCCCC)cc3)cc2)CC1. The Morgan fingerprint density at radius 3 is 1.76 bits per heavy atom. The van der Waals surface area contributed by atoms with Crippen LogP contribution in [0, 0.1) is 5.92 Å². The molecule has 2 aromatic rings. The van der Waals surface area contributed by atoms with Crippen molar-refractivity contribution in [2.45, 2.75) is 135 Å². The molecule has 1 fully saturated rings. The first-order valence-corrected chi connectivity index (χ1v) is 15.6. The molecule has 204 valence electrons. The van der Waals surface area contributed by atoms with E-state index < -0.39 is 0 Å². The minimum Gasteiger partial charge on any atom is -0.427 e. The van der Waals surface area contributed by atoms with Gasteiger partial charge in [-0.2, -0.15) is 0 Å². The Morgan fingerprint density at radius 2 is 1.16 bits per heavy atom. The van der Waals surface area contributed by atoms with Gasteiger partial charge in [0.2, 0.25) is 0 Å². The van der Waals surface area contributed by atoms with Gasteiger partial charge in [0.1, 0.15) is 5.75 Å². The Balaban J connectivity index is 1.34. The van der Waals surface area contributed by atoms with Gasteiger partial charge < -0.3 is 4.74 Å². The number of carbonyl (C=O) groups is 1.